The molecule has 0 aliphatic rings. The fourth-order valence-electron chi connectivity index (χ4n) is 0.250. The van der Waals surface area contributed by atoms with Crippen LogP contribution in [0, 0.1) is 0 Å². The average molecular weight is 296 g/mol. The Hall–Kier alpha value is 0.690. The van der Waals surface area contributed by atoms with Crippen molar-refractivity contribution in [1.82, 2.24) is 10.6 Å². The van der Waals surface area contributed by atoms with Gasteiger partial charge in [-0.15, -0.1) is 0 Å². The van der Waals surface area contributed by atoms with Gasteiger partial charge in [-0.05, 0) is 6.42 Å². The largest absolute Gasteiger partial charge is 1.00 e. The molecule has 0 atom stereocenters. The van der Waals surface area contributed by atoms with E-state index in [1.54, 1.807) is 21.0 Å². The van der Waals surface area contributed by atoms with Crippen molar-refractivity contribution in [3.8, 4) is 0 Å². The zero-order chi connectivity index (χ0) is 12.7. The summed E-state index contributed by atoms with van der Waals surface area (Å²) >= 11 is 8.63. The van der Waals surface area contributed by atoms with Crippen molar-refractivity contribution in [2.75, 3.05) is 19.8 Å². The van der Waals surface area contributed by atoms with Gasteiger partial charge < -0.3 is 15.2 Å². The Labute approximate surface area is 131 Å². The summed E-state index contributed by atoms with van der Waals surface area (Å²) < 4.78 is 29.0. The van der Waals surface area contributed by atoms with E-state index in [1.807, 2.05) is 0 Å². The standard InChI is InChI=1S/C3H8O3S.2C2H5NS.Na/c1-2-3-7(4,5)6;2*1-3-2-4;/h2-3H2,1H3,(H,4,5,6);2*2H,1H3,(H,3,4);/q;;;+1/p-1. The molecule has 92 valence electrons. The smallest absolute Gasteiger partial charge is 0.748 e. The Morgan fingerprint density at radius 1 is 1.19 bits per heavy atom. The van der Waals surface area contributed by atoms with E-state index in [4.69, 9.17) is 0 Å². The molecule has 0 fully saturated rings. The molecule has 0 aliphatic heterocycles. The molecule has 0 saturated carbocycles. The molecule has 0 bridgehead atoms. The summed E-state index contributed by atoms with van der Waals surface area (Å²) in [5, 5.41) is 5.24. The van der Waals surface area contributed by atoms with Crippen LogP contribution < -0.4 is 40.2 Å². The van der Waals surface area contributed by atoms with Gasteiger partial charge in [0.2, 0.25) is 0 Å². The summed E-state index contributed by atoms with van der Waals surface area (Å²) in [6, 6.07) is 0. The molecule has 0 aromatic heterocycles. The third-order valence-corrected chi connectivity index (χ3v) is 2.07. The molecule has 16 heavy (non-hydrogen) atoms. The molecule has 2 N–H and O–H groups in total. The molecule has 0 aliphatic carbocycles. The van der Waals surface area contributed by atoms with E-state index in [0.717, 1.165) is 0 Å². The first kappa shape index (κ1) is 25.5. The van der Waals surface area contributed by atoms with Gasteiger partial charge in [0, 0.05) is 19.8 Å². The summed E-state index contributed by atoms with van der Waals surface area (Å²) in [6.07, 6.45) is 0.409. The van der Waals surface area contributed by atoms with Crippen molar-refractivity contribution in [1.29, 1.82) is 0 Å². The molecule has 0 amide bonds. The Bertz CT molecular complexity index is 227. The van der Waals surface area contributed by atoms with Crippen LogP contribution in [0.3, 0.4) is 0 Å². The predicted molar refractivity (Wildman–Crippen MR) is 70.3 cm³/mol. The number of hydrogen-bond acceptors (Lipinski definition) is 5. The number of hydrogen-bond donors (Lipinski definition) is 2. The van der Waals surface area contributed by atoms with Crippen LogP contribution in [0.4, 0.5) is 0 Å². The van der Waals surface area contributed by atoms with Crippen molar-refractivity contribution >= 4 is 45.5 Å². The van der Waals surface area contributed by atoms with Gasteiger partial charge in [-0.3, -0.25) is 0 Å². The van der Waals surface area contributed by atoms with Gasteiger partial charge in [0.15, 0.2) is 0 Å². The Morgan fingerprint density at radius 2 is 1.44 bits per heavy atom. The molecule has 0 radical (unpaired) electrons. The second-order valence-electron chi connectivity index (χ2n) is 2.07. The van der Waals surface area contributed by atoms with Crippen LogP contribution in [0.15, 0.2) is 0 Å². The third kappa shape index (κ3) is 61.5. The zero-order valence-corrected chi connectivity index (χ0v) is 14.5. The zero-order valence-electron chi connectivity index (χ0n) is 10.0. The van der Waals surface area contributed by atoms with Gasteiger partial charge in [0.1, 0.15) is 0 Å². The molecule has 0 rings (SSSR count). The molecule has 9 heteroatoms. The molecular weight excluding hydrogens is 279 g/mol. The number of nitrogens with one attached hydrogen (secondary N) is 2. The van der Waals surface area contributed by atoms with Crippen molar-refractivity contribution in [3.63, 3.8) is 0 Å². The molecule has 0 unspecified atom stereocenters. The topological polar surface area (TPSA) is 81.3 Å². The quantitative estimate of drug-likeness (QED) is 0.331. The second kappa shape index (κ2) is 21.0. The molecule has 5 nitrogen and oxygen atoms in total. The Balaban J connectivity index is -0.0000000700. The summed E-state index contributed by atoms with van der Waals surface area (Å²) in [5.74, 6) is -0.243. The van der Waals surface area contributed by atoms with E-state index in [9.17, 15) is 13.0 Å². The van der Waals surface area contributed by atoms with E-state index in [1.165, 1.54) is 11.0 Å². The maximum absolute atomic E-state index is 9.68. The first-order valence-electron chi connectivity index (χ1n) is 4.04. The van der Waals surface area contributed by atoms with E-state index in [-0.39, 0.29) is 35.3 Å². The monoisotopic (exact) mass is 296 g/mol. The molecule has 0 heterocycles. The molecule has 0 aromatic rings. The fraction of sp³-hybridized carbons (Fsp3) is 0.714. The Morgan fingerprint density at radius 3 is 1.44 bits per heavy atom. The van der Waals surface area contributed by atoms with Gasteiger partial charge in [0.05, 0.1) is 21.1 Å². The van der Waals surface area contributed by atoms with Crippen LogP contribution in [0.5, 0.6) is 0 Å². The van der Waals surface area contributed by atoms with Crippen molar-refractivity contribution in [2.24, 2.45) is 0 Å². The maximum Gasteiger partial charge on any atom is 1.00 e. The SMILES string of the molecule is CCCS(=O)(=O)[O-].CNC=S.CNC=S.[Na+]. The number of rotatable bonds is 4. The van der Waals surface area contributed by atoms with Crippen LogP contribution in [-0.2, 0) is 10.1 Å². The normalized spacial score (nSPS) is 7.75. The van der Waals surface area contributed by atoms with Crippen LogP contribution in [0.25, 0.3) is 0 Å². The van der Waals surface area contributed by atoms with E-state index >= 15 is 0 Å². The van der Waals surface area contributed by atoms with Crippen molar-refractivity contribution < 1.29 is 42.5 Å². The first-order chi connectivity index (χ1) is 6.89. The maximum atomic E-state index is 9.68. The summed E-state index contributed by atoms with van der Waals surface area (Å²) in [6.45, 7) is 1.65. The van der Waals surface area contributed by atoms with Crippen LogP contribution >= 0.6 is 24.4 Å². The van der Waals surface area contributed by atoms with E-state index in [0.29, 0.717) is 6.42 Å². The third-order valence-electron chi connectivity index (χ3n) is 0.690. The van der Waals surface area contributed by atoms with Crippen LogP contribution in [-0.4, -0.2) is 43.8 Å². The van der Waals surface area contributed by atoms with Gasteiger partial charge in [0.25, 0.3) is 0 Å². The minimum atomic E-state index is -3.92. The second-order valence-corrected chi connectivity index (χ2v) is 4.07. The fourth-order valence-corrected chi connectivity index (χ4v) is 0.750. The van der Waals surface area contributed by atoms with Crippen molar-refractivity contribution in [3.05, 3.63) is 0 Å². The van der Waals surface area contributed by atoms with E-state index < -0.39 is 10.1 Å². The van der Waals surface area contributed by atoms with Gasteiger partial charge >= 0.3 is 29.6 Å². The Kier molecular flexibility index (Phi) is 33.5. The minimum absolute atomic E-state index is 0. The number of thiocarbonyl (C=S) groups is 2. The molecular formula is C7H17N2NaO3S3. The van der Waals surface area contributed by atoms with Crippen LogP contribution in [0.1, 0.15) is 13.3 Å². The summed E-state index contributed by atoms with van der Waals surface area (Å²) in [4.78, 5) is 0. The molecule has 0 saturated heterocycles. The molecule has 0 spiro atoms. The average Bonchev–Trinajstić information content (AvgIpc) is 2.17. The first-order valence-corrected chi connectivity index (χ1v) is 6.56. The molecule has 0 aromatic carbocycles. The minimum Gasteiger partial charge on any atom is -0.748 e. The summed E-state index contributed by atoms with van der Waals surface area (Å²) in [7, 11) is -0.383. The van der Waals surface area contributed by atoms with Gasteiger partial charge in [-0.25, -0.2) is 8.42 Å². The summed E-state index contributed by atoms with van der Waals surface area (Å²) in [5.41, 5.74) is 2.92. The van der Waals surface area contributed by atoms with E-state index in [2.05, 4.69) is 35.1 Å². The van der Waals surface area contributed by atoms with Gasteiger partial charge in [-0.2, -0.15) is 0 Å². The predicted octanol–water partition coefficient (Wildman–Crippen LogP) is -2.73. The van der Waals surface area contributed by atoms with Gasteiger partial charge in [-0.1, -0.05) is 31.4 Å². The van der Waals surface area contributed by atoms with Crippen molar-refractivity contribution in [2.45, 2.75) is 13.3 Å². The van der Waals surface area contributed by atoms with Crippen LogP contribution in [0.2, 0.25) is 0 Å².